The van der Waals surface area contributed by atoms with Crippen molar-refractivity contribution in [3.63, 3.8) is 0 Å². The van der Waals surface area contributed by atoms with Crippen LogP contribution in [0, 0.1) is 17.8 Å². The van der Waals surface area contributed by atoms with Crippen LogP contribution in [0.2, 0.25) is 0 Å². The van der Waals surface area contributed by atoms with Gasteiger partial charge >= 0.3 is 11.9 Å². The van der Waals surface area contributed by atoms with E-state index >= 15 is 0 Å². The van der Waals surface area contributed by atoms with E-state index in [1.807, 2.05) is 6.08 Å². The minimum absolute atomic E-state index is 0.00794. The number of esters is 2. The van der Waals surface area contributed by atoms with Gasteiger partial charge < -0.3 is 19.7 Å². The number of allylic oxidation sites excluding steroid dienone is 1. The standard InChI is InChI=1S/C19H28O6/c1-11(2)18(22)24-15-7-13(9-20)5-4-6-14(10-21)8-16-17(15)12(3)19(23)25-16/h5,11,14-17,20-21H,3-4,6-10H2,1-2H3/t14-,15-,16-,17-/m1/s1. The maximum atomic E-state index is 12.2. The molecule has 0 aromatic heterocycles. The van der Waals surface area contributed by atoms with E-state index in [1.165, 1.54) is 0 Å². The Kier molecular flexibility index (Phi) is 6.79. The number of hydrogen-bond acceptors (Lipinski definition) is 6. The molecule has 1 fully saturated rings. The summed E-state index contributed by atoms with van der Waals surface area (Å²) < 4.78 is 11.1. The summed E-state index contributed by atoms with van der Waals surface area (Å²) in [6, 6.07) is 0. The second-order valence-corrected chi connectivity index (χ2v) is 7.21. The highest BCUT2D eigenvalue weighted by Gasteiger charge is 2.46. The predicted molar refractivity (Wildman–Crippen MR) is 91.4 cm³/mol. The highest BCUT2D eigenvalue weighted by molar-refractivity contribution is 5.91. The van der Waals surface area contributed by atoms with Gasteiger partial charge in [0, 0.05) is 18.6 Å². The van der Waals surface area contributed by atoms with E-state index in [0.29, 0.717) is 24.8 Å². The van der Waals surface area contributed by atoms with Gasteiger partial charge in [-0.15, -0.1) is 0 Å². The Bertz CT molecular complexity index is 550. The third-order valence-corrected chi connectivity index (χ3v) is 4.96. The molecule has 0 unspecified atom stereocenters. The lowest BCUT2D eigenvalue weighted by Gasteiger charge is -2.30. The Balaban J connectivity index is 2.35. The fourth-order valence-electron chi connectivity index (χ4n) is 3.44. The van der Waals surface area contributed by atoms with Gasteiger partial charge in [0.1, 0.15) is 12.2 Å². The quantitative estimate of drug-likeness (QED) is 0.455. The zero-order chi connectivity index (χ0) is 18.6. The molecule has 0 radical (unpaired) electrons. The lowest BCUT2D eigenvalue weighted by atomic mass is 9.81. The average molecular weight is 352 g/mol. The molecular formula is C19H28O6. The summed E-state index contributed by atoms with van der Waals surface area (Å²) >= 11 is 0. The first-order valence-electron chi connectivity index (χ1n) is 8.87. The van der Waals surface area contributed by atoms with Gasteiger partial charge in [-0.05, 0) is 30.8 Å². The molecule has 4 atom stereocenters. The number of carbonyl (C=O) groups is 2. The number of aliphatic hydroxyl groups is 2. The Morgan fingerprint density at radius 1 is 1.44 bits per heavy atom. The SMILES string of the molecule is C=C1C(=O)O[C@@H]2C[C@H](CO)CCC=C(CO)C[C@@H](OC(=O)C(C)C)[C@@H]12. The molecule has 0 aromatic rings. The number of aliphatic hydroxyl groups excluding tert-OH is 2. The Morgan fingerprint density at radius 2 is 2.16 bits per heavy atom. The minimum Gasteiger partial charge on any atom is -0.461 e. The maximum Gasteiger partial charge on any atom is 0.334 e. The predicted octanol–water partition coefficient (Wildman–Crippen LogP) is 1.75. The van der Waals surface area contributed by atoms with E-state index in [0.717, 1.165) is 12.0 Å². The van der Waals surface area contributed by atoms with Crippen LogP contribution >= 0.6 is 0 Å². The van der Waals surface area contributed by atoms with Crippen molar-refractivity contribution in [2.45, 2.75) is 51.7 Å². The number of carbonyl (C=O) groups excluding carboxylic acids is 2. The van der Waals surface area contributed by atoms with E-state index in [2.05, 4.69) is 6.58 Å². The molecule has 140 valence electrons. The Hall–Kier alpha value is -1.66. The summed E-state index contributed by atoms with van der Waals surface area (Å²) in [4.78, 5) is 24.2. The van der Waals surface area contributed by atoms with E-state index in [9.17, 15) is 19.8 Å². The van der Waals surface area contributed by atoms with Crippen molar-refractivity contribution in [3.05, 3.63) is 23.8 Å². The maximum absolute atomic E-state index is 12.2. The molecule has 2 rings (SSSR count). The van der Waals surface area contributed by atoms with Crippen LogP contribution in [0.15, 0.2) is 23.8 Å². The Labute approximate surface area is 148 Å². The Morgan fingerprint density at radius 3 is 2.76 bits per heavy atom. The molecule has 1 aliphatic carbocycles. The van der Waals surface area contributed by atoms with Crippen molar-refractivity contribution < 1.29 is 29.3 Å². The highest BCUT2D eigenvalue weighted by atomic mass is 16.6. The molecule has 1 saturated heterocycles. The number of fused-ring (bicyclic) bond motifs is 1. The van der Waals surface area contributed by atoms with E-state index < -0.39 is 24.1 Å². The fraction of sp³-hybridized carbons (Fsp3) is 0.684. The zero-order valence-electron chi connectivity index (χ0n) is 14.9. The van der Waals surface area contributed by atoms with Gasteiger partial charge in [0.05, 0.1) is 18.4 Å². The number of rotatable bonds is 4. The molecule has 0 saturated carbocycles. The van der Waals surface area contributed by atoms with Crippen molar-refractivity contribution in [1.29, 1.82) is 0 Å². The van der Waals surface area contributed by atoms with Crippen molar-refractivity contribution in [1.82, 2.24) is 0 Å². The van der Waals surface area contributed by atoms with Gasteiger partial charge in [-0.25, -0.2) is 4.79 Å². The largest absolute Gasteiger partial charge is 0.461 e. The smallest absolute Gasteiger partial charge is 0.334 e. The summed E-state index contributed by atoms with van der Waals surface area (Å²) in [6.45, 7) is 7.18. The topological polar surface area (TPSA) is 93.1 Å². The van der Waals surface area contributed by atoms with Crippen LogP contribution in [0.5, 0.6) is 0 Å². The van der Waals surface area contributed by atoms with Gasteiger partial charge in [0.25, 0.3) is 0 Å². The minimum atomic E-state index is -0.616. The lowest BCUT2D eigenvalue weighted by Crippen LogP contribution is -2.36. The average Bonchev–Trinajstić information content (AvgIpc) is 2.85. The normalized spacial score (nSPS) is 30.5. The van der Waals surface area contributed by atoms with Crippen molar-refractivity contribution >= 4 is 11.9 Å². The number of hydrogen-bond donors (Lipinski definition) is 2. The molecule has 6 nitrogen and oxygen atoms in total. The van der Waals surface area contributed by atoms with Gasteiger partial charge in [-0.2, -0.15) is 0 Å². The monoisotopic (exact) mass is 352 g/mol. The molecule has 1 heterocycles. The number of ether oxygens (including phenoxy) is 2. The van der Waals surface area contributed by atoms with Gasteiger partial charge in [-0.3, -0.25) is 4.79 Å². The first-order chi connectivity index (χ1) is 11.9. The summed E-state index contributed by atoms with van der Waals surface area (Å²) in [5, 5.41) is 19.2. The second kappa shape index (κ2) is 8.63. The van der Waals surface area contributed by atoms with Crippen LogP contribution < -0.4 is 0 Å². The van der Waals surface area contributed by atoms with Crippen LogP contribution in [0.1, 0.15) is 39.5 Å². The summed E-state index contributed by atoms with van der Waals surface area (Å²) in [7, 11) is 0. The first-order valence-corrected chi connectivity index (χ1v) is 8.87. The molecule has 25 heavy (non-hydrogen) atoms. The van der Waals surface area contributed by atoms with Crippen LogP contribution in [-0.4, -0.2) is 47.6 Å². The molecule has 2 N–H and O–H groups in total. The van der Waals surface area contributed by atoms with Crippen molar-refractivity contribution in [2.75, 3.05) is 13.2 Å². The molecule has 6 heteroatoms. The van der Waals surface area contributed by atoms with E-state index in [1.54, 1.807) is 13.8 Å². The molecule has 0 bridgehead atoms. The fourth-order valence-corrected chi connectivity index (χ4v) is 3.44. The van der Waals surface area contributed by atoms with Crippen molar-refractivity contribution in [2.24, 2.45) is 17.8 Å². The van der Waals surface area contributed by atoms with Crippen LogP contribution in [-0.2, 0) is 19.1 Å². The molecular weight excluding hydrogens is 324 g/mol. The summed E-state index contributed by atoms with van der Waals surface area (Å²) in [5.74, 6) is -1.62. The molecule has 0 spiro atoms. The second-order valence-electron chi connectivity index (χ2n) is 7.21. The lowest BCUT2D eigenvalue weighted by molar-refractivity contribution is -0.156. The van der Waals surface area contributed by atoms with E-state index in [-0.39, 0.29) is 31.0 Å². The molecule has 1 aliphatic heterocycles. The van der Waals surface area contributed by atoms with Crippen LogP contribution in [0.4, 0.5) is 0 Å². The highest BCUT2D eigenvalue weighted by Crippen LogP contribution is 2.38. The van der Waals surface area contributed by atoms with Gasteiger partial charge in [-0.1, -0.05) is 26.5 Å². The third-order valence-electron chi connectivity index (χ3n) is 4.96. The molecule has 0 aromatic carbocycles. The zero-order valence-corrected chi connectivity index (χ0v) is 14.9. The molecule has 0 amide bonds. The van der Waals surface area contributed by atoms with Gasteiger partial charge in [0.2, 0.25) is 0 Å². The third kappa shape index (κ3) is 4.70. The summed E-state index contributed by atoms with van der Waals surface area (Å²) in [6.07, 6.45) is 3.14. The first kappa shape index (κ1) is 19.7. The van der Waals surface area contributed by atoms with E-state index in [4.69, 9.17) is 9.47 Å². The summed E-state index contributed by atoms with van der Waals surface area (Å²) in [5.41, 5.74) is 1.05. The van der Waals surface area contributed by atoms with Crippen molar-refractivity contribution in [3.8, 4) is 0 Å². The molecule has 2 aliphatic rings. The van der Waals surface area contributed by atoms with Crippen LogP contribution in [0.25, 0.3) is 0 Å². The van der Waals surface area contributed by atoms with Gasteiger partial charge in [0.15, 0.2) is 0 Å². The van der Waals surface area contributed by atoms with Crippen LogP contribution in [0.3, 0.4) is 0 Å².